The fourth-order valence-electron chi connectivity index (χ4n) is 2.19. The Morgan fingerprint density at radius 3 is 2.67 bits per heavy atom. The van der Waals surface area contributed by atoms with Crippen LogP contribution in [0.3, 0.4) is 0 Å². The largest absolute Gasteiger partial charge is 0.381 e. The van der Waals surface area contributed by atoms with Crippen LogP contribution >= 0.6 is 0 Å². The molecule has 0 aliphatic carbocycles. The number of nitrogen functional groups attached to an aromatic ring is 1. The molecule has 0 atom stereocenters. The summed E-state index contributed by atoms with van der Waals surface area (Å²) in [4.78, 5) is 16.9. The Morgan fingerprint density at radius 2 is 2.00 bits per heavy atom. The van der Waals surface area contributed by atoms with E-state index < -0.39 is 0 Å². The Hall–Kier alpha value is -2.26. The smallest absolute Gasteiger partial charge is 0.243 e. The first-order valence-electron chi connectivity index (χ1n) is 6.75. The monoisotopic (exact) mass is 290 g/mol. The number of nitrogens with two attached hydrogens (primary N) is 1. The summed E-state index contributed by atoms with van der Waals surface area (Å²) in [6.07, 6.45) is 6.83. The molecule has 0 bridgehead atoms. The first-order valence-corrected chi connectivity index (χ1v) is 6.75. The predicted molar refractivity (Wildman–Crippen MR) is 76.8 cm³/mol. The van der Waals surface area contributed by atoms with E-state index in [2.05, 4.69) is 37.6 Å². The van der Waals surface area contributed by atoms with Gasteiger partial charge in [-0.05, 0) is 19.8 Å². The number of hydrogen-bond donors (Lipinski definition) is 3. The fourth-order valence-corrected chi connectivity index (χ4v) is 2.19. The van der Waals surface area contributed by atoms with Gasteiger partial charge in [0.1, 0.15) is 6.33 Å². The van der Waals surface area contributed by atoms with Crippen molar-refractivity contribution in [2.75, 3.05) is 24.0 Å². The van der Waals surface area contributed by atoms with Crippen LogP contribution in [-0.2, 0) is 4.74 Å². The molecule has 1 saturated heterocycles. The second-order valence-corrected chi connectivity index (χ2v) is 5.19. The van der Waals surface area contributed by atoms with Gasteiger partial charge < -0.3 is 10.1 Å². The number of hydrogen-bond acceptors (Lipinski definition) is 8. The zero-order valence-corrected chi connectivity index (χ0v) is 11.8. The highest BCUT2D eigenvalue weighted by Crippen LogP contribution is 2.24. The normalized spacial score (nSPS) is 17.4. The summed E-state index contributed by atoms with van der Waals surface area (Å²) in [5.74, 6) is 6.66. The lowest BCUT2D eigenvalue weighted by Gasteiger charge is -2.34. The molecule has 1 aliphatic heterocycles. The molecule has 112 valence electrons. The lowest BCUT2D eigenvalue weighted by Crippen LogP contribution is -2.41. The maximum atomic E-state index is 5.43. The number of hydrazine groups is 1. The number of anilines is 2. The van der Waals surface area contributed by atoms with Crippen molar-refractivity contribution in [1.29, 1.82) is 0 Å². The quantitative estimate of drug-likeness (QED) is 0.545. The van der Waals surface area contributed by atoms with E-state index in [9.17, 15) is 0 Å². The van der Waals surface area contributed by atoms with Gasteiger partial charge in [-0.25, -0.2) is 10.8 Å². The molecule has 0 aromatic carbocycles. The Bertz CT molecular complexity index is 593. The minimum absolute atomic E-state index is 0.0995. The van der Waals surface area contributed by atoms with Gasteiger partial charge in [0, 0.05) is 31.1 Å². The first kappa shape index (κ1) is 13.7. The molecule has 0 unspecified atom stereocenters. The summed E-state index contributed by atoms with van der Waals surface area (Å²) in [6.45, 7) is 3.58. The van der Waals surface area contributed by atoms with Crippen LogP contribution in [0.15, 0.2) is 18.7 Å². The second kappa shape index (κ2) is 5.62. The minimum atomic E-state index is -0.0995. The van der Waals surface area contributed by atoms with E-state index in [1.165, 1.54) is 0 Å². The van der Waals surface area contributed by atoms with Crippen LogP contribution in [0.25, 0.3) is 5.95 Å². The van der Waals surface area contributed by atoms with Crippen LogP contribution < -0.4 is 16.6 Å². The molecule has 2 aromatic heterocycles. The third kappa shape index (κ3) is 3.09. The van der Waals surface area contributed by atoms with Crippen molar-refractivity contribution in [1.82, 2.24) is 24.5 Å². The average molecular weight is 290 g/mol. The molecule has 1 fully saturated rings. The van der Waals surface area contributed by atoms with Gasteiger partial charge in [-0.2, -0.15) is 15.0 Å². The predicted octanol–water partition coefficient (Wildman–Crippen LogP) is 0.324. The van der Waals surface area contributed by atoms with E-state index in [1.807, 2.05) is 0 Å². The van der Waals surface area contributed by atoms with Crippen LogP contribution in [-0.4, -0.2) is 43.3 Å². The van der Waals surface area contributed by atoms with E-state index in [0.717, 1.165) is 26.1 Å². The van der Waals surface area contributed by atoms with Gasteiger partial charge in [-0.1, -0.05) is 0 Å². The Balaban J connectivity index is 1.89. The SMILES string of the molecule is CC1(Nc2nc(NN)nc(-n3ccnc3)n2)CCOCC1. The molecule has 0 amide bonds. The first-order chi connectivity index (χ1) is 10.2. The Labute approximate surface area is 121 Å². The molecule has 9 nitrogen and oxygen atoms in total. The van der Waals surface area contributed by atoms with E-state index in [1.54, 1.807) is 23.3 Å². The number of rotatable bonds is 4. The average Bonchev–Trinajstić information content (AvgIpc) is 3.01. The number of imidazole rings is 1. The Kier molecular flexibility index (Phi) is 3.67. The lowest BCUT2D eigenvalue weighted by molar-refractivity contribution is 0.0656. The molecule has 3 rings (SSSR count). The van der Waals surface area contributed by atoms with Gasteiger partial charge in [0.25, 0.3) is 0 Å². The zero-order valence-electron chi connectivity index (χ0n) is 11.8. The van der Waals surface area contributed by atoms with Gasteiger partial charge in [0.2, 0.25) is 17.8 Å². The van der Waals surface area contributed by atoms with Crippen molar-refractivity contribution in [2.45, 2.75) is 25.3 Å². The minimum Gasteiger partial charge on any atom is -0.381 e. The zero-order chi connectivity index (χ0) is 14.7. The van der Waals surface area contributed by atoms with Gasteiger partial charge in [0.05, 0.1) is 0 Å². The van der Waals surface area contributed by atoms with E-state index in [0.29, 0.717) is 17.8 Å². The highest BCUT2D eigenvalue weighted by Gasteiger charge is 2.28. The summed E-state index contributed by atoms with van der Waals surface area (Å²) >= 11 is 0. The molecular formula is C12H18N8O. The third-order valence-corrected chi connectivity index (χ3v) is 3.50. The maximum absolute atomic E-state index is 5.43. The molecular weight excluding hydrogens is 272 g/mol. The molecule has 0 radical (unpaired) electrons. The fraction of sp³-hybridized carbons (Fsp3) is 0.500. The molecule has 21 heavy (non-hydrogen) atoms. The number of nitrogens with zero attached hydrogens (tertiary/aromatic N) is 5. The van der Waals surface area contributed by atoms with Crippen LogP contribution in [0.1, 0.15) is 19.8 Å². The van der Waals surface area contributed by atoms with Crippen molar-refractivity contribution < 1.29 is 4.74 Å². The second-order valence-electron chi connectivity index (χ2n) is 5.19. The highest BCUT2D eigenvalue weighted by atomic mass is 16.5. The molecule has 0 saturated carbocycles. The standard InChI is InChI=1S/C12H18N8O/c1-12(2-6-21-7-3-12)18-9-15-10(19-13)17-11(16-9)20-5-4-14-8-20/h4-5,8H,2-3,6-7,13H2,1H3,(H2,15,16,17,18,19). The summed E-state index contributed by atoms with van der Waals surface area (Å²) in [7, 11) is 0. The number of ether oxygens (including phenoxy) is 1. The maximum Gasteiger partial charge on any atom is 0.243 e. The number of nitrogens with one attached hydrogen (secondary N) is 2. The topological polar surface area (TPSA) is 116 Å². The van der Waals surface area contributed by atoms with Crippen LogP contribution in [0.2, 0.25) is 0 Å². The molecule has 9 heteroatoms. The van der Waals surface area contributed by atoms with Crippen molar-refractivity contribution in [3.63, 3.8) is 0 Å². The van der Waals surface area contributed by atoms with Crippen molar-refractivity contribution >= 4 is 11.9 Å². The lowest BCUT2D eigenvalue weighted by atomic mass is 9.93. The van der Waals surface area contributed by atoms with E-state index >= 15 is 0 Å². The summed E-state index contributed by atoms with van der Waals surface area (Å²) in [6, 6.07) is 0. The van der Waals surface area contributed by atoms with Gasteiger partial charge in [0.15, 0.2) is 0 Å². The van der Waals surface area contributed by atoms with Crippen LogP contribution in [0.4, 0.5) is 11.9 Å². The molecule has 3 heterocycles. The van der Waals surface area contributed by atoms with E-state index in [4.69, 9.17) is 10.6 Å². The molecule has 0 spiro atoms. The van der Waals surface area contributed by atoms with Gasteiger partial charge >= 0.3 is 0 Å². The third-order valence-electron chi connectivity index (χ3n) is 3.50. The van der Waals surface area contributed by atoms with E-state index in [-0.39, 0.29) is 5.54 Å². The molecule has 4 N–H and O–H groups in total. The van der Waals surface area contributed by atoms with Crippen molar-refractivity contribution in [2.24, 2.45) is 5.84 Å². The van der Waals surface area contributed by atoms with Crippen molar-refractivity contribution in [3.8, 4) is 5.95 Å². The van der Waals surface area contributed by atoms with Gasteiger partial charge in [-0.3, -0.25) is 9.99 Å². The summed E-state index contributed by atoms with van der Waals surface area (Å²) < 4.78 is 7.09. The van der Waals surface area contributed by atoms with Crippen LogP contribution in [0.5, 0.6) is 0 Å². The highest BCUT2D eigenvalue weighted by molar-refractivity contribution is 5.39. The Morgan fingerprint density at radius 1 is 1.24 bits per heavy atom. The molecule has 2 aromatic rings. The van der Waals surface area contributed by atoms with Crippen LogP contribution in [0, 0.1) is 0 Å². The van der Waals surface area contributed by atoms with Gasteiger partial charge in [-0.15, -0.1) is 0 Å². The van der Waals surface area contributed by atoms with Crippen molar-refractivity contribution in [3.05, 3.63) is 18.7 Å². The molecule has 1 aliphatic rings. The summed E-state index contributed by atoms with van der Waals surface area (Å²) in [5, 5.41) is 3.36. The number of aromatic nitrogens is 5. The summed E-state index contributed by atoms with van der Waals surface area (Å²) in [5.41, 5.74) is 2.36.